The molecule has 0 bridgehead atoms. The molecule has 3 rings (SSSR count). The molecular formula is C19H30N4O. The molecule has 1 aromatic rings. The highest BCUT2D eigenvalue weighted by Crippen LogP contribution is 2.21. The largest absolute Gasteiger partial charge is 0.338 e. The minimum absolute atomic E-state index is 0.0597. The first-order valence-corrected chi connectivity index (χ1v) is 9.25. The Morgan fingerprint density at radius 3 is 2.54 bits per heavy atom. The lowest BCUT2D eigenvalue weighted by Gasteiger charge is -2.32. The van der Waals surface area contributed by atoms with Crippen LogP contribution in [0.5, 0.6) is 0 Å². The number of carbonyl (C=O) groups excluding carboxylic acids is 1. The second-order valence-corrected chi connectivity index (χ2v) is 7.22. The van der Waals surface area contributed by atoms with E-state index >= 15 is 0 Å². The molecule has 0 radical (unpaired) electrons. The van der Waals surface area contributed by atoms with Crippen LogP contribution in [0.2, 0.25) is 0 Å². The van der Waals surface area contributed by atoms with Crippen molar-refractivity contribution in [3.8, 4) is 0 Å². The zero-order valence-corrected chi connectivity index (χ0v) is 14.5. The van der Waals surface area contributed by atoms with Crippen LogP contribution in [0.4, 0.5) is 4.79 Å². The first-order valence-electron chi connectivity index (χ1n) is 9.25. The molecule has 2 saturated heterocycles. The molecule has 2 aliphatic heterocycles. The molecule has 2 amide bonds. The zero-order chi connectivity index (χ0) is 16.8. The summed E-state index contributed by atoms with van der Waals surface area (Å²) < 4.78 is 0. The Labute approximate surface area is 145 Å². The highest BCUT2D eigenvalue weighted by Gasteiger charge is 2.24. The second kappa shape index (κ2) is 8.49. The summed E-state index contributed by atoms with van der Waals surface area (Å²) in [5.74, 6) is 0.734. The lowest BCUT2D eigenvalue weighted by molar-refractivity contribution is 0.170. The number of benzene rings is 1. The highest BCUT2D eigenvalue weighted by molar-refractivity contribution is 5.74. The van der Waals surface area contributed by atoms with Gasteiger partial charge in [0.05, 0.1) is 0 Å². The van der Waals surface area contributed by atoms with Gasteiger partial charge in [-0.15, -0.1) is 0 Å². The molecule has 5 heteroatoms. The summed E-state index contributed by atoms with van der Waals surface area (Å²) in [5.41, 5.74) is 7.25. The van der Waals surface area contributed by atoms with Crippen molar-refractivity contribution in [2.75, 3.05) is 32.7 Å². The maximum Gasteiger partial charge on any atom is 0.317 e. The standard InChI is InChI=1S/C19H30N4O/c20-18-9-13-23(15-18)19(24)21-10-6-16-7-11-22(12-8-16)14-17-4-2-1-3-5-17/h1-5,16,18H,6-15,20H2,(H,21,24)/t18-/m1/s1. The van der Waals surface area contributed by atoms with Crippen molar-refractivity contribution < 1.29 is 4.79 Å². The first kappa shape index (κ1) is 17.2. The Balaban J connectivity index is 1.30. The molecule has 1 atom stereocenters. The minimum Gasteiger partial charge on any atom is -0.338 e. The SMILES string of the molecule is N[C@@H]1CCN(C(=O)NCCC2CCN(Cc3ccccc3)CC2)C1. The van der Waals surface area contributed by atoms with E-state index in [9.17, 15) is 4.79 Å². The van der Waals surface area contributed by atoms with Crippen LogP contribution in [0.3, 0.4) is 0 Å². The summed E-state index contributed by atoms with van der Waals surface area (Å²) in [6, 6.07) is 10.9. The van der Waals surface area contributed by atoms with Gasteiger partial charge in [-0.05, 0) is 50.3 Å². The minimum atomic E-state index is 0.0597. The van der Waals surface area contributed by atoms with E-state index < -0.39 is 0 Å². The number of hydrogen-bond donors (Lipinski definition) is 2. The summed E-state index contributed by atoms with van der Waals surface area (Å²) in [4.78, 5) is 16.4. The average molecular weight is 330 g/mol. The lowest BCUT2D eigenvalue weighted by Crippen LogP contribution is -2.41. The van der Waals surface area contributed by atoms with Gasteiger partial charge in [0, 0.05) is 32.2 Å². The third kappa shape index (κ3) is 4.95. The molecule has 132 valence electrons. The van der Waals surface area contributed by atoms with Crippen molar-refractivity contribution in [1.82, 2.24) is 15.1 Å². The monoisotopic (exact) mass is 330 g/mol. The van der Waals surface area contributed by atoms with Crippen molar-refractivity contribution >= 4 is 6.03 Å². The van der Waals surface area contributed by atoms with E-state index in [1.165, 1.54) is 18.4 Å². The van der Waals surface area contributed by atoms with Gasteiger partial charge in [0.2, 0.25) is 0 Å². The topological polar surface area (TPSA) is 61.6 Å². The number of nitrogens with two attached hydrogens (primary N) is 1. The van der Waals surface area contributed by atoms with Crippen LogP contribution in [0.15, 0.2) is 30.3 Å². The van der Waals surface area contributed by atoms with E-state index in [2.05, 4.69) is 40.5 Å². The highest BCUT2D eigenvalue weighted by atomic mass is 16.2. The van der Waals surface area contributed by atoms with Gasteiger partial charge in [0.25, 0.3) is 0 Å². The molecule has 2 fully saturated rings. The van der Waals surface area contributed by atoms with Gasteiger partial charge in [-0.1, -0.05) is 30.3 Å². The van der Waals surface area contributed by atoms with Crippen LogP contribution < -0.4 is 11.1 Å². The van der Waals surface area contributed by atoms with E-state index in [1.807, 2.05) is 4.90 Å². The molecular weight excluding hydrogens is 300 g/mol. The van der Waals surface area contributed by atoms with Crippen molar-refractivity contribution in [3.63, 3.8) is 0 Å². The van der Waals surface area contributed by atoms with E-state index in [-0.39, 0.29) is 12.1 Å². The quantitative estimate of drug-likeness (QED) is 0.868. The fourth-order valence-corrected chi connectivity index (χ4v) is 3.74. The van der Waals surface area contributed by atoms with Crippen LogP contribution in [0.1, 0.15) is 31.2 Å². The van der Waals surface area contributed by atoms with Crippen LogP contribution in [-0.4, -0.2) is 54.6 Å². The third-order valence-corrected chi connectivity index (χ3v) is 5.30. The number of urea groups is 1. The Hall–Kier alpha value is -1.59. The third-order valence-electron chi connectivity index (χ3n) is 5.30. The van der Waals surface area contributed by atoms with E-state index in [1.54, 1.807) is 0 Å². The number of amides is 2. The maximum absolute atomic E-state index is 12.0. The second-order valence-electron chi connectivity index (χ2n) is 7.22. The zero-order valence-electron chi connectivity index (χ0n) is 14.5. The molecule has 3 N–H and O–H groups in total. The van der Waals surface area contributed by atoms with Crippen molar-refractivity contribution in [2.45, 2.75) is 38.3 Å². The number of likely N-dealkylation sites (tertiary alicyclic amines) is 2. The molecule has 2 aliphatic rings. The van der Waals surface area contributed by atoms with Gasteiger partial charge in [-0.25, -0.2) is 4.79 Å². The fourth-order valence-electron chi connectivity index (χ4n) is 3.74. The van der Waals surface area contributed by atoms with E-state index in [0.29, 0.717) is 6.54 Å². The summed E-state index contributed by atoms with van der Waals surface area (Å²) >= 11 is 0. The van der Waals surface area contributed by atoms with Crippen LogP contribution in [-0.2, 0) is 6.54 Å². The lowest BCUT2D eigenvalue weighted by atomic mass is 9.93. The number of hydrogen-bond acceptors (Lipinski definition) is 3. The Morgan fingerprint density at radius 2 is 1.88 bits per heavy atom. The maximum atomic E-state index is 12.0. The predicted octanol–water partition coefficient (Wildman–Crippen LogP) is 2.03. The van der Waals surface area contributed by atoms with E-state index in [4.69, 9.17) is 5.73 Å². The molecule has 1 aromatic carbocycles. The van der Waals surface area contributed by atoms with Crippen molar-refractivity contribution in [3.05, 3.63) is 35.9 Å². The number of piperidine rings is 1. The Kier molecular flexibility index (Phi) is 6.10. The van der Waals surface area contributed by atoms with Gasteiger partial charge < -0.3 is 16.0 Å². The van der Waals surface area contributed by atoms with Gasteiger partial charge in [-0.2, -0.15) is 0 Å². The Bertz CT molecular complexity index is 513. The smallest absolute Gasteiger partial charge is 0.317 e. The fraction of sp³-hybridized carbons (Fsp3) is 0.632. The van der Waals surface area contributed by atoms with Crippen molar-refractivity contribution in [2.24, 2.45) is 11.7 Å². The summed E-state index contributed by atoms with van der Waals surface area (Å²) in [5, 5.41) is 3.06. The summed E-state index contributed by atoms with van der Waals surface area (Å²) in [6.45, 7) is 5.66. The number of nitrogens with zero attached hydrogens (tertiary/aromatic N) is 2. The Morgan fingerprint density at radius 1 is 1.12 bits per heavy atom. The van der Waals surface area contributed by atoms with Crippen molar-refractivity contribution in [1.29, 1.82) is 0 Å². The van der Waals surface area contributed by atoms with Crippen LogP contribution >= 0.6 is 0 Å². The number of rotatable bonds is 5. The molecule has 0 spiro atoms. The molecule has 5 nitrogen and oxygen atoms in total. The van der Waals surface area contributed by atoms with Gasteiger partial charge in [0.1, 0.15) is 0 Å². The predicted molar refractivity (Wildman–Crippen MR) is 96.6 cm³/mol. The van der Waals surface area contributed by atoms with Crippen LogP contribution in [0, 0.1) is 5.92 Å². The number of carbonyl (C=O) groups is 1. The summed E-state index contributed by atoms with van der Waals surface area (Å²) in [6.07, 6.45) is 4.48. The van der Waals surface area contributed by atoms with Crippen LogP contribution in [0.25, 0.3) is 0 Å². The normalized spacial score (nSPS) is 22.7. The van der Waals surface area contributed by atoms with E-state index in [0.717, 1.165) is 51.5 Å². The first-order chi connectivity index (χ1) is 11.7. The molecule has 2 heterocycles. The average Bonchev–Trinajstić information content (AvgIpc) is 3.04. The molecule has 0 aliphatic carbocycles. The molecule has 24 heavy (non-hydrogen) atoms. The summed E-state index contributed by atoms with van der Waals surface area (Å²) in [7, 11) is 0. The molecule has 0 saturated carbocycles. The number of nitrogens with one attached hydrogen (secondary N) is 1. The van der Waals surface area contributed by atoms with Gasteiger partial charge >= 0.3 is 6.03 Å². The molecule has 0 aromatic heterocycles. The van der Waals surface area contributed by atoms with Gasteiger partial charge in [-0.3, -0.25) is 4.90 Å². The van der Waals surface area contributed by atoms with Gasteiger partial charge in [0.15, 0.2) is 0 Å². The molecule has 0 unspecified atom stereocenters.